The van der Waals surface area contributed by atoms with Gasteiger partial charge in [-0.25, -0.2) is 0 Å². The number of thiophene rings is 1. The summed E-state index contributed by atoms with van der Waals surface area (Å²) in [5.41, 5.74) is 0. The Bertz CT molecular complexity index is 420. The normalized spacial score (nSPS) is 27.2. The first-order valence-corrected chi connectivity index (χ1v) is 7.32. The third-order valence-corrected chi connectivity index (χ3v) is 5.31. The number of rotatable bonds is 3. The molecule has 1 aliphatic heterocycles. The van der Waals surface area contributed by atoms with E-state index in [1.165, 1.54) is 4.88 Å². The lowest BCUT2D eigenvalue weighted by Crippen LogP contribution is -2.25. The second-order valence-electron chi connectivity index (χ2n) is 4.69. The minimum atomic E-state index is -0.667. The zero-order valence-electron chi connectivity index (χ0n) is 9.89. The fourth-order valence-corrected chi connectivity index (χ4v) is 3.88. The monoisotopic (exact) mass is 317 g/mol. The summed E-state index contributed by atoms with van der Waals surface area (Å²) in [5.74, 6) is -0.654. The number of likely N-dealkylation sites (tertiary alicyclic amines) is 1. The molecule has 1 N–H and O–H groups in total. The topological polar surface area (TPSA) is 40.5 Å². The van der Waals surface area contributed by atoms with Crippen molar-refractivity contribution in [1.82, 2.24) is 4.90 Å². The molecule has 5 heteroatoms. The summed E-state index contributed by atoms with van der Waals surface area (Å²) >= 11 is 5.18. The van der Waals surface area contributed by atoms with E-state index in [0.29, 0.717) is 12.6 Å². The van der Waals surface area contributed by atoms with Crippen LogP contribution in [0, 0.1) is 11.8 Å². The van der Waals surface area contributed by atoms with Gasteiger partial charge in [0.15, 0.2) is 0 Å². The fourth-order valence-electron chi connectivity index (χ4n) is 2.37. The van der Waals surface area contributed by atoms with Crippen molar-refractivity contribution >= 4 is 33.2 Å². The lowest BCUT2D eigenvalue weighted by Gasteiger charge is -2.23. The van der Waals surface area contributed by atoms with Gasteiger partial charge in [-0.05, 0) is 40.9 Å². The van der Waals surface area contributed by atoms with Gasteiger partial charge in [-0.1, -0.05) is 6.92 Å². The van der Waals surface area contributed by atoms with Crippen molar-refractivity contribution in [1.29, 1.82) is 0 Å². The first kappa shape index (κ1) is 13.1. The van der Waals surface area contributed by atoms with Crippen LogP contribution in [-0.2, 0) is 4.79 Å². The van der Waals surface area contributed by atoms with Gasteiger partial charge in [0.1, 0.15) is 0 Å². The molecule has 0 aliphatic carbocycles. The number of nitrogens with zero attached hydrogens (tertiary/aromatic N) is 1. The highest BCUT2D eigenvalue weighted by atomic mass is 79.9. The molecule has 94 valence electrons. The van der Waals surface area contributed by atoms with Crippen LogP contribution in [0.1, 0.15) is 24.8 Å². The molecule has 1 aromatic rings. The third-order valence-electron chi connectivity index (χ3n) is 3.51. The van der Waals surface area contributed by atoms with Crippen LogP contribution < -0.4 is 0 Å². The lowest BCUT2D eigenvalue weighted by molar-refractivity contribution is -0.142. The molecular formula is C12H16BrNO2S. The lowest BCUT2D eigenvalue weighted by atomic mass is 9.99. The Hall–Kier alpha value is -0.390. The van der Waals surface area contributed by atoms with Gasteiger partial charge in [0, 0.05) is 24.0 Å². The molecule has 1 fully saturated rings. The first-order chi connectivity index (χ1) is 7.99. The number of carboxylic acids is 1. The largest absolute Gasteiger partial charge is 0.481 e. The van der Waals surface area contributed by atoms with E-state index in [1.54, 1.807) is 11.3 Å². The molecule has 0 saturated carbocycles. The van der Waals surface area contributed by atoms with Gasteiger partial charge >= 0.3 is 5.97 Å². The molecule has 3 nitrogen and oxygen atoms in total. The number of carboxylic acid groups (broad SMARTS) is 1. The van der Waals surface area contributed by atoms with E-state index < -0.39 is 5.97 Å². The minimum Gasteiger partial charge on any atom is -0.481 e. The van der Waals surface area contributed by atoms with Crippen molar-refractivity contribution in [2.75, 3.05) is 13.1 Å². The Morgan fingerprint density at radius 3 is 2.76 bits per heavy atom. The fraction of sp³-hybridized carbons (Fsp3) is 0.583. The van der Waals surface area contributed by atoms with Crippen LogP contribution in [0.2, 0.25) is 0 Å². The van der Waals surface area contributed by atoms with Crippen LogP contribution in [0.4, 0.5) is 0 Å². The smallest absolute Gasteiger partial charge is 0.308 e. The minimum absolute atomic E-state index is 0.221. The van der Waals surface area contributed by atoms with Crippen molar-refractivity contribution in [2.24, 2.45) is 11.8 Å². The molecule has 1 aliphatic rings. The van der Waals surface area contributed by atoms with E-state index in [9.17, 15) is 4.79 Å². The summed E-state index contributed by atoms with van der Waals surface area (Å²) in [6.45, 7) is 5.70. The molecule has 0 bridgehead atoms. The molecular weight excluding hydrogens is 302 g/mol. The van der Waals surface area contributed by atoms with Gasteiger partial charge in [-0.2, -0.15) is 0 Å². The molecule has 1 saturated heterocycles. The highest BCUT2D eigenvalue weighted by molar-refractivity contribution is 9.11. The Labute approximate surface area is 114 Å². The van der Waals surface area contributed by atoms with Crippen LogP contribution >= 0.6 is 27.3 Å². The third kappa shape index (κ3) is 2.72. The molecule has 0 spiro atoms. The van der Waals surface area contributed by atoms with Crippen molar-refractivity contribution in [3.63, 3.8) is 0 Å². The van der Waals surface area contributed by atoms with E-state index in [4.69, 9.17) is 5.11 Å². The molecule has 0 radical (unpaired) electrons. The van der Waals surface area contributed by atoms with Crippen LogP contribution in [0.5, 0.6) is 0 Å². The van der Waals surface area contributed by atoms with Crippen molar-refractivity contribution in [3.05, 3.63) is 20.8 Å². The molecule has 3 atom stereocenters. The highest BCUT2D eigenvalue weighted by Crippen LogP contribution is 2.35. The maximum absolute atomic E-state index is 11.1. The quantitative estimate of drug-likeness (QED) is 0.930. The van der Waals surface area contributed by atoms with Crippen molar-refractivity contribution in [3.8, 4) is 0 Å². The Kier molecular flexibility index (Phi) is 3.90. The van der Waals surface area contributed by atoms with E-state index in [1.807, 2.05) is 13.0 Å². The van der Waals surface area contributed by atoms with Crippen LogP contribution in [-0.4, -0.2) is 29.1 Å². The zero-order chi connectivity index (χ0) is 12.6. The van der Waals surface area contributed by atoms with Gasteiger partial charge in [-0.3, -0.25) is 9.69 Å². The molecule has 2 rings (SSSR count). The second kappa shape index (κ2) is 5.08. The summed E-state index contributed by atoms with van der Waals surface area (Å²) in [4.78, 5) is 14.6. The van der Waals surface area contributed by atoms with E-state index in [2.05, 4.69) is 33.8 Å². The Balaban J connectivity index is 2.07. The van der Waals surface area contributed by atoms with Crippen LogP contribution in [0.25, 0.3) is 0 Å². The van der Waals surface area contributed by atoms with Gasteiger partial charge < -0.3 is 5.11 Å². The van der Waals surface area contributed by atoms with Gasteiger partial charge in [0.25, 0.3) is 0 Å². The van der Waals surface area contributed by atoms with Crippen LogP contribution in [0.15, 0.2) is 15.9 Å². The second-order valence-corrected chi connectivity index (χ2v) is 7.19. The predicted molar refractivity (Wildman–Crippen MR) is 72.3 cm³/mol. The number of hydrogen-bond donors (Lipinski definition) is 1. The highest BCUT2D eigenvalue weighted by Gasteiger charge is 2.37. The Morgan fingerprint density at radius 2 is 2.29 bits per heavy atom. The predicted octanol–water partition coefficient (Wildman–Crippen LogP) is 3.22. The molecule has 0 amide bonds. The number of halogens is 1. The summed E-state index contributed by atoms with van der Waals surface area (Å²) in [6.07, 6.45) is 0. The molecule has 1 unspecified atom stereocenters. The maximum atomic E-state index is 11.1. The molecule has 1 aromatic heterocycles. The van der Waals surface area contributed by atoms with E-state index >= 15 is 0 Å². The molecule has 2 heterocycles. The van der Waals surface area contributed by atoms with E-state index in [0.717, 1.165) is 10.3 Å². The molecule has 0 aromatic carbocycles. The molecule has 17 heavy (non-hydrogen) atoms. The van der Waals surface area contributed by atoms with Gasteiger partial charge in [0.05, 0.1) is 9.70 Å². The summed E-state index contributed by atoms with van der Waals surface area (Å²) in [5, 5.41) is 9.13. The first-order valence-electron chi connectivity index (χ1n) is 5.71. The van der Waals surface area contributed by atoms with Crippen molar-refractivity contribution < 1.29 is 9.90 Å². The average molecular weight is 318 g/mol. The SMILES string of the molecule is CC(c1ccc(Br)s1)N1C[C@@H](C)[C@H](C(=O)O)C1. The number of aliphatic carboxylic acids is 1. The van der Waals surface area contributed by atoms with Gasteiger partial charge in [0.2, 0.25) is 0 Å². The maximum Gasteiger partial charge on any atom is 0.308 e. The number of hydrogen-bond acceptors (Lipinski definition) is 3. The van der Waals surface area contributed by atoms with Crippen LogP contribution in [0.3, 0.4) is 0 Å². The summed E-state index contributed by atoms with van der Waals surface area (Å²) in [6, 6.07) is 4.46. The van der Waals surface area contributed by atoms with Crippen molar-refractivity contribution in [2.45, 2.75) is 19.9 Å². The Morgan fingerprint density at radius 1 is 1.59 bits per heavy atom. The van der Waals surface area contributed by atoms with Gasteiger partial charge in [-0.15, -0.1) is 11.3 Å². The van der Waals surface area contributed by atoms with E-state index in [-0.39, 0.29) is 11.8 Å². The average Bonchev–Trinajstić information content (AvgIpc) is 2.83. The standard InChI is InChI=1S/C12H16BrNO2S/c1-7-5-14(6-9(7)12(15)16)8(2)10-3-4-11(13)17-10/h3-4,7-9H,5-6H2,1-2H3,(H,15,16)/t7-,8?,9-/m1/s1. The summed E-state index contributed by atoms with van der Waals surface area (Å²) < 4.78 is 1.13. The zero-order valence-corrected chi connectivity index (χ0v) is 12.3. The number of carbonyl (C=O) groups is 1. The summed E-state index contributed by atoms with van der Waals surface area (Å²) in [7, 11) is 0.